The van der Waals surface area contributed by atoms with Crippen LogP contribution in [0.3, 0.4) is 0 Å². The van der Waals surface area contributed by atoms with Gasteiger partial charge in [0.1, 0.15) is 16.9 Å². The van der Waals surface area contributed by atoms with Crippen molar-refractivity contribution >= 4 is 22.9 Å². The van der Waals surface area contributed by atoms with Gasteiger partial charge >= 0.3 is 17.6 Å². The lowest BCUT2D eigenvalue weighted by atomic mass is 9.87. The Kier molecular flexibility index (Phi) is 6.25. The van der Waals surface area contributed by atoms with E-state index in [4.69, 9.17) is 18.6 Å². The predicted molar refractivity (Wildman–Crippen MR) is 115 cm³/mol. The highest BCUT2D eigenvalue weighted by Gasteiger charge is 2.50. The Labute approximate surface area is 181 Å². The molecular formula is C24H28O7. The van der Waals surface area contributed by atoms with Crippen LogP contribution in [0.15, 0.2) is 45.1 Å². The maximum absolute atomic E-state index is 12.7. The fourth-order valence-corrected chi connectivity index (χ4v) is 3.53. The first-order valence-electron chi connectivity index (χ1n) is 10.3. The lowest BCUT2D eigenvalue weighted by Crippen LogP contribution is -2.52. The van der Waals surface area contributed by atoms with Crippen LogP contribution in [0.25, 0.3) is 11.0 Å². The number of allylic oxidation sites excluding steroid dienone is 1. The van der Waals surface area contributed by atoms with Crippen molar-refractivity contribution in [2.75, 3.05) is 0 Å². The molecule has 1 aliphatic rings. The predicted octanol–water partition coefficient (Wildman–Crippen LogP) is 4.47. The number of esters is 2. The molecule has 1 aliphatic heterocycles. The Morgan fingerprint density at radius 3 is 2.48 bits per heavy atom. The zero-order chi connectivity index (χ0) is 22.9. The van der Waals surface area contributed by atoms with Gasteiger partial charge in [-0.2, -0.15) is 0 Å². The van der Waals surface area contributed by atoms with Gasteiger partial charge in [-0.3, -0.25) is 4.79 Å². The SMILES string of the molecule is C/C=C(/C)C(=O)OC1c2c(ccc3ccc(=O)oc23)OC(C)(C)C1OC(=O)CC(C)C. The minimum Gasteiger partial charge on any atom is -0.483 e. The van der Waals surface area contributed by atoms with E-state index in [0.29, 0.717) is 22.3 Å². The molecule has 0 bridgehead atoms. The van der Waals surface area contributed by atoms with Crippen molar-refractivity contribution in [1.82, 2.24) is 0 Å². The topological polar surface area (TPSA) is 92.0 Å². The number of ether oxygens (including phenoxy) is 3. The number of benzene rings is 1. The van der Waals surface area contributed by atoms with Crippen LogP contribution >= 0.6 is 0 Å². The average Bonchev–Trinajstić information content (AvgIpc) is 2.68. The van der Waals surface area contributed by atoms with E-state index in [0.717, 1.165) is 0 Å². The van der Waals surface area contributed by atoms with Crippen molar-refractivity contribution in [2.24, 2.45) is 5.92 Å². The summed E-state index contributed by atoms with van der Waals surface area (Å²) in [6.45, 7) is 10.7. The molecule has 1 aromatic carbocycles. The van der Waals surface area contributed by atoms with Gasteiger partial charge in [0.2, 0.25) is 0 Å². The summed E-state index contributed by atoms with van der Waals surface area (Å²) < 4.78 is 23.2. The third kappa shape index (κ3) is 4.65. The zero-order valence-electron chi connectivity index (χ0n) is 18.7. The number of fused-ring (bicyclic) bond motifs is 3. The summed E-state index contributed by atoms with van der Waals surface area (Å²) in [6, 6.07) is 6.42. The number of hydrogen-bond donors (Lipinski definition) is 0. The highest BCUT2D eigenvalue weighted by atomic mass is 16.6. The van der Waals surface area contributed by atoms with Crippen LogP contribution in [-0.2, 0) is 19.1 Å². The lowest BCUT2D eigenvalue weighted by Gasteiger charge is -2.43. The van der Waals surface area contributed by atoms with E-state index in [9.17, 15) is 14.4 Å². The van der Waals surface area contributed by atoms with Crippen molar-refractivity contribution in [3.63, 3.8) is 0 Å². The normalized spacial score (nSPS) is 20.2. The number of rotatable bonds is 5. The molecule has 0 fully saturated rings. The van der Waals surface area contributed by atoms with Crippen LogP contribution in [0.5, 0.6) is 5.75 Å². The molecule has 2 heterocycles. The molecule has 166 valence electrons. The molecule has 0 saturated heterocycles. The molecule has 2 aromatic rings. The van der Waals surface area contributed by atoms with E-state index >= 15 is 0 Å². The fraction of sp³-hybridized carbons (Fsp3) is 0.458. The number of carbonyl (C=O) groups is 2. The molecule has 1 aromatic heterocycles. The van der Waals surface area contributed by atoms with Crippen LogP contribution in [0.1, 0.15) is 59.6 Å². The number of carbonyl (C=O) groups excluding carboxylic acids is 2. The van der Waals surface area contributed by atoms with E-state index in [1.54, 1.807) is 52.0 Å². The second-order valence-corrected chi connectivity index (χ2v) is 8.66. The van der Waals surface area contributed by atoms with E-state index in [1.807, 2.05) is 13.8 Å². The first-order valence-corrected chi connectivity index (χ1v) is 10.3. The molecule has 2 unspecified atom stereocenters. The number of hydrogen-bond acceptors (Lipinski definition) is 7. The molecule has 0 N–H and O–H groups in total. The van der Waals surface area contributed by atoms with Crippen LogP contribution in [-0.4, -0.2) is 23.6 Å². The highest BCUT2D eigenvalue weighted by Crippen LogP contribution is 2.46. The highest BCUT2D eigenvalue weighted by molar-refractivity contribution is 5.89. The maximum Gasteiger partial charge on any atom is 0.336 e. The second-order valence-electron chi connectivity index (χ2n) is 8.66. The molecular weight excluding hydrogens is 400 g/mol. The van der Waals surface area contributed by atoms with Crippen molar-refractivity contribution in [3.05, 3.63) is 51.9 Å². The van der Waals surface area contributed by atoms with Crippen LogP contribution < -0.4 is 10.4 Å². The Hall–Kier alpha value is -3.09. The molecule has 3 rings (SSSR count). The summed E-state index contributed by atoms with van der Waals surface area (Å²) >= 11 is 0. The van der Waals surface area contributed by atoms with Gasteiger partial charge in [-0.05, 0) is 51.8 Å². The molecule has 0 amide bonds. The quantitative estimate of drug-likeness (QED) is 0.394. The van der Waals surface area contributed by atoms with Gasteiger partial charge < -0.3 is 18.6 Å². The van der Waals surface area contributed by atoms with Gasteiger partial charge in [0.05, 0.1) is 5.56 Å². The zero-order valence-corrected chi connectivity index (χ0v) is 18.7. The second kappa shape index (κ2) is 8.57. The van der Waals surface area contributed by atoms with Gasteiger partial charge in [-0.15, -0.1) is 0 Å². The summed E-state index contributed by atoms with van der Waals surface area (Å²) in [4.78, 5) is 37.2. The van der Waals surface area contributed by atoms with Gasteiger partial charge in [-0.1, -0.05) is 19.9 Å². The molecule has 7 nitrogen and oxygen atoms in total. The fourth-order valence-electron chi connectivity index (χ4n) is 3.53. The minimum atomic E-state index is -1.02. The molecule has 0 spiro atoms. The Balaban J connectivity index is 2.18. The first-order chi connectivity index (χ1) is 14.5. The van der Waals surface area contributed by atoms with Crippen LogP contribution in [0.4, 0.5) is 0 Å². The van der Waals surface area contributed by atoms with Crippen molar-refractivity contribution in [1.29, 1.82) is 0 Å². The Bertz CT molecular complexity index is 1090. The third-order valence-electron chi connectivity index (χ3n) is 5.23. The van der Waals surface area contributed by atoms with Crippen LogP contribution in [0.2, 0.25) is 0 Å². The largest absolute Gasteiger partial charge is 0.483 e. The van der Waals surface area contributed by atoms with Crippen molar-refractivity contribution in [2.45, 2.75) is 65.8 Å². The first kappa shape index (κ1) is 22.6. The van der Waals surface area contributed by atoms with Gasteiger partial charge in [0, 0.05) is 23.4 Å². The molecule has 2 atom stereocenters. The molecule has 0 radical (unpaired) electrons. The van der Waals surface area contributed by atoms with Crippen LogP contribution in [0, 0.1) is 5.92 Å². The third-order valence-corrected chi connectivity index (χ3v) is 5.23. The molecule has 31 heavy (non-hydrogen) atoms. The maximum atomic E-state index is 12.7. The summed E-state index contributed by atoms with van der Waals surface area (Å²) in [5.41, 5.74) is -0.541. The summed E-state index contributed by atoms with van der Waals surface area (Å²) in [5, 5.41) is 0.637. The standard InChI is InChI=1S/C24H28O7/c1-7-14(4)23(27)30-21-19-16(10-8-15-9-11-17(25)28-20(15)19)31-24(5,6)22(21)29-18(26)12-13(2)3/h7-11,13,21-22H,12H2,1-6H3/b14-7-. The Morgan fingerprint density at radius 2 is 1.84 bits per heavy atom. The van der Waals surface area contributed by atoms with Crippen molar-refractivity contribution < 1.29 is 28.2 Å². The molecule has 0 saturated carbocycles. The lowest BCUT2D eigenvalue weighted by molar-refractivity contribution is -0.189. The molecule has 0 aliphatic carbocycles. The van der Waals surface area contributed by atoms with Gasteiger partial charge in [0.15, 0.2) is 12.2 Å². The van der Waals surface area contributed by atoms with Crippen molar-refractivity contribution in [3.8, 4) is 5.75 Å². The van der Waals surface area contributed by atoms with E-state index in [2.05, 4.69) is 0 Å². The van der Waals surface area contributed by atoms with E-state index < -0.39 is 35.4 Å². The smallest absolute Gasteiger partial charge is 0.336 e. The van der Waals surface area contributed by atoms with Gasteiger partial charge in [0.25, 0.3) is 0 Å². The average molecular weight is 428 g/mol. The van der Waals surface area contributed by atoms with Gasteiger partial charge in [-0.25, -0.2) is 9.59 Å². The summed E-state index contributed by atoms with van der Waals surface area (Å²) in [7, 11) is 0. The molecule has 7 heteroatoms. The van der Waals surface area contributed by atoms with E-state index in [-0.39, 0.29) is 17.9 Å². The summed E-state index contributed by atoms with van der Waals surface area (Å²) in [6.07, 6.45) is -0.127. The van der Waals surface area contributed by atoms with E-state index in [1.165, 1.54) is 6.07 Å². The minimum absolute atomic E-state index is 0.0949. The Morgan fingerprint density at radius 1 is 1.16 bits per heavy atom. The monoisotopic (exact) mass is 428 g/mol. The summed E-state index contributed by atoms with van der Waals surface area (Å²) in [5.74, 6) is -0.488.